The Morgan fingerprint density at radius 3 is 2.72 bits per heavy atom. The minimum Gasteiger partial charge on any atom is -0.477 e. The number of hydrogen-bond donors (Lipinski definition) is 3. The third kappa shape index (κ3) is 3.57. The van der Waals surface area contributed by atoms with Gasteiger partial charge in [0.25, 0.3) is 5.19 Å². The van der Waals surface area contributed by atoms with Crippen LogP contribution in [-0.2, 0) is 6.54 Å². The van der Waals surface area contributed by atoms with Crippen LogP contribution < -0.4 is 10.5 Å². The fourth-order valence-electron chi connectivity index (χ4n) is 3.85. The van der Waals surface area contributed by atoms with Crippen LogP contribution in [0.1, 0.15) is 21.6 Å². The summed E-state index contributed by atoms with van der Waals surface area (Å²) in [6.45, 7) is 0.308. The van der Waals surface area contributed by atoms with Crippen LogP contribution in [-0.4, -0.2) is 26.5 Å². The second kappa shape index (κ2) is 7.82. The summed E-state index contributed by atoms with van der Waals surface area (Å²) in [5, 5.41) is 22.7. The van der Waals surface area contributed by atoms with Gasteiger partial charge in [0.05, 0.1) is 0 Å². The van der Waals surface area contributed by atoms with E-state index in [0.717, 1.165) is 21.7 Å². The molecule has 0 unspecified atom stereocenters. The third-order valence-electron chi connectivity index (χ3n) is 5.30. The maximum Gasteiger partial charge on any atom is 0.352 e. The summed E-state index contributed by atoms with van der Waals surface area (Å²) in [5.41, 5.74) is 7.98. The number of carboxylic acid groups (broad SMARTS) is 1. The topological polar surface area (TPSA) is 114 Å². The molecule has 7 nitrogen and oxygen atoms in total. The van der Waals surface area contributed by atoms with Gasteiger partial charge in [0.2, 0.25) is 0 Å². The number of carboxylic acids is 1. The van der Waals surface area contributed by atoms with Crippen LogP contribution >= 0.6 is 11.3 Å². The number of thiazole rings is 1. The zero-order chi connectivity index (χ0) is 22.2. The number of fused-ring (bicyclic) bond motifs is 2. The first-order chi connectivity index (χ1) is 15.5. The Morgan fingerprint density at radius 1 is 1.12 bits per heavy atom. The molecule has 5 aromatic rings. The molecule has 0 spiro atoms. The minimum atomic E-state index is -1.02. The molecule has 0 fully saturated rings. The van der Waals surface area contributed by atoms with E-state index < -0.39 is 5.97 Å². The molecule has 2 heterocycles. The third-order valence-corrected chi connectivity index (χ3v) is 5.95. The fourth-order valence-corrected chi connectivity index (χ4v) is 4.36. The van der Waals surface area contributed by atoms with E-state index in [1.54, 1.807) is 35.0 Å². The number of benzene rings is 3. The van der Waals surface area contributed by atoms with Gasteiger partial charge in [0, 0.05) is 34.6 Å². The Balaban J connectivity index is 1.68. The Bertz CT molecular complexity index is 1490. The number of rotatable bonds is 6. The summed E-state index contributed by atoms with van der Waals surface area (Å²) in [6.07, 6.45) is 1.68. The first kappa shape index (κ1) is 19.8. The predicted molar refractivity (Wildman–Crippen MR) is 125 cm³/mol. The van der Waals surface area contributed by atoms with Gasteiger partial charge in [0.1, 0.15) is 17.3 Å². The maximum absolute atomic E-state index is 12.0. The number of nitrogens with zero attached hydrogens (tertiary/aromatic N) is 2. The first-order valence-corrected chi connectivity index (χ1v) is 10.7. The zero-order valence-corrected chi connectivity index (χ0v) is 17.6. The van der Waals surface area contributed by atoms with Crippen molar-refractivity contribution in [2.45, 2.75) is 6.54 Å². The van der Waals surface area contributed by atoms with Gasteiger partial charge in [-0.1, -0.05) is 47.7 Å². The number of aromatic carboxylic acids is 1. The fraction of sp³-hybridized carbons (Fsp3) is 0.0417. The molecule has 158 valence electrons. The molecular weight excluding hydrogens is 424 g/mol. The second-order valence-electron chi connectivity index (χ2n) is 7.31. The summed E-state index contributed by atoms with van der Waals surface area (Å²) in [4.78, 5) is 16.2. The molecule has 32 heavy (non-hydrogen) atoms. The van der Waals surface area contributed by atoms with Gasteiger partial charge < -0.3 is 20.1 Å². The van der Waals surface area contributed by atoms with Gasteiger partial charge in [-0.3, -0.25) is 5.41 Å². The summed E-state index contributed by atoms with van der Waals surface area (Å²) >= 11 is 1.40. The molecule has 5 rings (SSSR count). The van der Waals surface area contributed by atoms with Gasteiger partial charge in [-0.25, -0.2) is 9.78 Å². The SMILES string of the molecule is N=C(N)c1ccc2cc(C(=O)O)n(Cc3cc(Oc4nccs4)cc4ccccc34)c2c1. The molecule has 0 aliphatic carbocycles. The lowest BCUT2D eigenvalue weighted by molar-refractivity contribution is 0.0686. The molecule has 0 aliphatic heterocycles. The van der Waals surface area contributed by atoms with Gasteiger partial charge in [0.15, 0.2) is 0 Å². The van der Waals surface area contributed by atoms with Crippen LogP contribution in [0, 0.1) is 5.41 Å². The number of nitrogens with one attached hydrogen (secondary N) is 1. The molecule has 4 N–H and O–H groups in total. The van der Waals surface area contributed by atoms with Crippen LogP contribution in [0.5, 0.6) is 10.9 Å². The van der Waals surface area contributed by atoms with Crippen LogP contribution in [0.3, 0.4) is 0 Å². The minimum absolute atomic E-state index is 0.0687. The van der Waals surface area contributed by atoms with Crippen molar-refractivity contribution >= 4 is 44.8 Å². The summed E-state index contributed by atoms with van der Waals surface area (Å²) in [6, 6.07) is 18.7. The highest BCUT2D eigenvalue weighted by Crippen LogP contribution is 2.32. The highest BCUT2D eigenvalue weighted by Gasteiger charge is 2.17. The lowest BCUT2D eigenvalue weighted by atomic mass is 10.0. The lowest BCUT2D eigenvalue weighted by Gasteiger charge is -2.14. The van der Waals surface area contributed by atoms with E-state index in [2.05, 4.69) is 4.98 Å². The molecule has 0 radical (unpaired) electrons. The van der Waals surface area contributed by atoms with E-state index in [-0.39, 0.29) is 11.5 Å². The zero-order valence-electron chi connectivity index (χ0n) is 16.8. The first-order valence-electron chi connectivity index (χ1n) is 9.79. The van der Waals surface area contributed by atoms with E-state index in [9.17, 15) is 9.90 Å². The normalized spacial score (nSPS) is 11.1. The second-order valence-corrected chi connectivity index (χ2v) is 8.17. The monoisotopic (exact) mass is 442 g/mol. The number of hydrogen-bond acceptors (Lipinski definition) is 5. The molecule has 8 heteroatoms. The average molecular weight is 443 g/mol. The van der Waals surface area contributed by atoms with Crippen molar-refractivity contribution < 1.29 is 14.6 Å². The predicted octanol–water partition coefficient (Wildman–Crippen LogP) is 5.07. The largest absolute Gasteiger partial charge is 0.477 e. The van der Waals surface area contributed by atoms with Crippen LogP contribution in [0.15, 0.2) is 72.2 Å². The highest BCUT2D eigenvalue weighted by atomic mass is 32.1. The number of nitrogen functional groups attached to an aromatic ring is 1. The molecule has 0 amide bonds. The lowest BCUT2D eigenvalue weighted by Crippen LogP contribution is -2.12. The molecule has 0 aliphatic rings. The smallest absolute Gasteiger partial charge is 0.352 e. The van der Waals surface area contributed by atoms with Gasteiger partial charge in [-0.15, -0.1) is 0 Å². The Kier molecular flexibility index (Phi) is 4.84. The van der Waals surface area contributed by atoms with Crippen molar-refractivity contribution in [3.63, 3.8) is 0 Å². The van der Waals surface area contributed by atoms with E-state index >= 15 is 0 Å². The average Bonchev–Trinajstić information content (AvgIpc) is 3.41. The van der Waals surface area contributed by atoms with Crippen molar-refractivity contribution in [3.05, 3.63) is 89.1 Å². The number of carbonyl (C=O) groups is 1. The molecular formula is C24H18N4O3S. The van der Waals surface area contributed by atoms with Crippen molar-refractivity contribution in [2.75, 3.05) is 0 Å². The molecule has 2 aromatic heterocycles. The van der Waals surface area contributed by atoms with E-state index in [1.807, 2.05) is 41.8 Å². The number of nitrogens with two attached hydrogens (primary N) is 1. The molecule has 3 aromatic carbocycles. The van der Waals surface area contributed by atoms with Gasteiger partial charge in [-0.2, -0.15) is 0 Å². The standard InChI is InChI=1S/C24H18N4O3S/c25-22(26)16-6-5-15-11-21(23(29)30)28(20(15)12-16)13-17-10-18(31-24-27-7-8-32-24)9-14-3-1-2-4-19(14)17/h1-12H,13H2,(H3,25,26)(H,29,30). The van der Waals surface area contributed by atoms with Crippen molar-refractivity contribution in [1.82, 2.24) is 9.55 Å². The van der Waals surface area contributed by atoms with Crippen LogP contribution in [0.2, 0.25) is 0 Å². The van der Waals surface area contributed by atoms with Gasteiger partial charge in [-0.05, 0) is 40.6 Å². The highest BCUT2D eigenvalue weighted by molar-refractivity contribution is 7.11. The number of amidine groups is 1. The summed E-state index contributed by atoms with van der Waals surface area (Å²) in [7, 11) is 0. The van der Waals surface area contributed by atoms with Gasteiger partial charge >= 0.3 is 5.97 Å². The number of ether oxygens (including phenoxy) is 1. The molecule has 0 saturated heterocycles. The molecule has 0 atom stereocenters. The Hall–Kier alpha value is -4.17. The Morgan fingerprint density at radius 2 is 1.97 bits per heavy atom. The van der Waals surface area contributed by atoms with E-state index in [0.29, 0.717) is 28.6 Å². The van der Waals surface area contributed by atoms with E-state index in [4.69, 9.17) is 15.9 Å². The summed E-state index contributed by atoms with van der Waals surface area (Å²) < 4.78 is 7.67. The number of aromatic nitrogens is 2. The summed E-state index contributed by atoms with van der Waals surface area (Å²) in [5.74, 6) is -0.461. The van der Waals surface area contributed by atoms with Crippen molar-refractivity contribution in [1.29, 1.82) is 5.41 Å². The van der Waals surface area contributed by atoms with Crippen LogP contribution in [0.4, 0.5) is 0 Å². The maximum atomic E-state index is 12.0. The Labute approximate surface area is 186 Å². The van der Waals surface area contributed by atoms with Crippen molar-refractivity contribution in [2.24, 2.45) is 5.73 Å². The quantitative estimate of drug-likeness (QED) is 0.251. The molecule has 0 bridgehead atoms. The van der Waals surface area contributed by atoms with Crippen LogP contribution in [0.25, 0.3) is 21.7 Å². The van der Waals surface area contributed by atoms with E-state index in [1.165, 1.54) is 11.3 Å². The van der Waals surface area contributed by atoms with Crippen molar-refractivity contribution in [3.8, 4) is 10.9 Å². The molecule has 0 saturated carbocycles.